The topological polar surface area (TPSA) is 43.4 Å². The average molecular weight is 800 g/mol. The van der Waals surface area contributed by atoms with Crippen LogP contribution in [-0.2, 0) is 5.41 Å². The molecule has 1 aliphatic heterocycles. The Kier molecular flexibility index (Phi) is 8.16. The van der Waals surface area contributed by atoms with Gasteiger partial charge < -0.3 is 14.2 Å². The van der Waals surface area contributed by atoms with Gasteiger partial charge in [0.05, 0.1) is 39.9 Å². The predicted octanol–water partition coefficient (Wildman–Crippen LogP) is 14.8. The van der Waals surface area contributed by atoms with Crippen LogP contribution in [0.4, 0.5) is 28.4 Å². The molecule has 4 nitrogen and oxygen atoms in total. The molecule has 0 fully saturated rings. The number of benzene rings is 8. The highest BCUT2D eigenvalue weighted by Crippen LogP contribution is 2.63. The van der Waals surface area contributed by atoms with Crippen LogP contribution in [0, 0.1) is 11.3 Å². The molecule has 9 aromatic rings. The number of anilines is 5. The van der Waals surface area contributed by atoms with E-state index in [1.165, 1.54) is 43.2 Å². The maximum absolute atomic E-state index is 10.6. The van der Waals surface area contributed by atoms with E-state index in [4.69, 9.17) is 4.42 Å². The summed E-state index contributed by atoms with van der Waals surface area (Å²) in [4.78, 5) is 7.23. The van der Waals surface area contributed by atoms with Gasteiger partial charge in [0.15, 0.2) is 5.58 Å². The van der Waals surface area contributed by atoms with Crippen molar-refractivity contribution < 1.29 is 4.42 Å². The van der Waals surface area contributed by atoms with E-state index < -0.39 is 5.41 Å². The van der Waals surface area contributed by atoms with Crippen molar-refractivity contribution in [2.75, 3.05) is 9.80 Å². The van der Waals surface area contributed by atoms with Crippen molar-refractivity contribution in [2.24, 2.45) is 0 Å². The molecule has 0 saturated carbocycles. The van der Waals surface area contributed by atoms with Crippen LogP contribution < -0.4 is 9.80 Å². The lowest BCUT2D eigenvalue weighted by atomic mass is 9.67. The third kappa shape index (κ3) is 5.32. The summed E-state index contributed by atoms with van der Waals surface area (Å²) >= 11 is 1.85. The second-order valence-electron chi connectivity index (χ2n) is 15.8. The number of rotatable bonds is 6. The summed E-state index contributed by atoms with van der Waals surface area (Å²) in [6.07, 6.45) is 9.58. The van der Waals surface area contributed by atoms with Crippen molar-refractivity contribution in [1.82, 2.24) is 0 Å². The van der Waals surface area contributed by atoms with Gasteiger partial charge in [0.2, 0.25) is 0 Å². The van der Waals surface area contributed by atoms with E-state index in [1.807, 2.05) is 23.9 Å². The van der Waals surface area contributed by atoms with Crippen LogP contribution in [0.3, 0.4) is 0 Å². The van der Waals surface area contributed by atoms with Gasteiger partial charge in [0.25, 0.3) is 0 Å². The fourth-order valence-electron chi connectivity index (χ4n) is 10.2. The molecule has 0 bridgehead atoms. The van der Waals surface area contributed by atoms with Gasteiger partial charge in [-0.25, -0.2) is 0 Å². The second kappa shape index (κ2) is 14.1. The van der Waals surface area contributed by atoms with Gasteiger partial charge in [0, 0.05) is 32.2 Å². The van der Waals surface area contributed by atoms with Gasteiger partial charge in [-0.15, -0.1) is 0 Å². The molecule has 0 radical (unpaired) electrons. The fourth-order valence-corrected chi connectivity index (χ4v) is 11.4. The number of allylic oxidation sites excluding steroid dienone is 2. The van der Waals surface area contributed by atoms with Crippen LogP contribution >= 0.6 is 11.8 Å². The molecule has 0 N–H and O–H groups in total. The largest absolute Gasteiger partial charge is 0.454 e. The molecule has 61 heavy (non-hydrogen) atoms. The Morgan fingerprint density at radius 2 is 1.25 bits per heavy atom. The first-order chi connectivity index (χ1) is 30.2. The van der Waals surface area contributed by atoms with Gasteiger partial charge in [-0.05, 0) is 107 Å². The SMILES string of the molecule is N#Cc1cc(N(c2ccccc2)c2ccc3c(c2)C2(c4ccccc4Sc4ccccc42)c2ccccc2-3)c2c(c1)oc1c(N(c3ccccc3)C3C=CC=CC3)cccc12. The highest BCUT2D eigenvalue weighted by molar-refractivity contribution is 7.99. The standard InChI is InChI=1S/C56H37N3OS/c57-36-37-33-50(54-44-24-16-28-49(55(44)60-51(54)34-37)58(38-17-4-1-5-18-38)39-19-6-2-7-20-39)59(40-21-8-3-9-22-40)41-31-32-43-42-23-10-11-25-45(42)56(48(43)35-41)46-26-12-14-29-52(46)61-53-30-15-13-27-47(53)56/h1-19,21-35,39H,20H2. The van der Waals surface area contributed by atoms with E-state index in [2.05, 4.69) is 210 Å². The zero-order valence-corrected chi connectivity index (χ0v) is 33.9. The minimum absolute atomic E-state index is 0.0949. The summed E-state index contributed by atoms with van der Waals surface area (Å²) in [5.74, 6) is 0. The third-order valence-corrected chi connectivity index (χ3v) is 13.8. The summed E-state index contributed by atoms with van der Waals surface area (Å²) in [6, 6.07) is 67.7. The predicted molar refractivity (Wildman–Crippen MR) is 250 cm³/mol. The van der Waals surface area contributed by atoms with Crippen molar-refractivity contribution >= 4 is 62.1 Å². The second-order valence-corrected chi connectivity index (χ2v) is 16.9. The first-order valence-corrected chi connectivity index (χ1v) is 21.6. The molecule has 288 valence electrons. The average Bonchev–Trinajstić information content (AvgIpc) is 3.85. The van der Waals surface area contributed by atoms with Crippen LogP contribution in [0.25, 0.3) is 33.1 Å². The Bertz CT molecular complexity index is 3260. The quantitative estimate of drug-likeness (QED) is 0.168. The van der Waals surface area contributed by atoms with Crippen LogP contribution in [0.5, 0.6) is 0 Å². The molecular weight excluding hydrogens is 763 g/mol. The van der Waals surface area contributed by atoms with E-state index in [-0.39, 0.29) is 6.04 Å². The summed E-state index contributed by atoms with van der Waals surface area (Å²) in [5.41, 5.74) is 14.0. The monoisotopic (exact) mass is 799 g/mol. The number of nitrogens with zero attached hydrogens (tertiary/aromatic N) is 3. The minimum Gasteiger partial charge on any atom is -0.454 e. The summed E-state index contributed by atoms with van der Waals surface area (Å²) in [5, 5.41) is 12.6. The number of hydrogen-bond donors (Lipinski definition) is 0. The molecule has 8 aromatic carbocycles. The first-order valence-electron chi connectivity index (χ1n) is 20.8. The molecule has 2 heterocycles. The number of para-hydroxylation sites is 3. The molecule has 5 heteroatoms. The fraction of sp³-hybridized carbons (Fsp3) is 0.0536. The van der Waals surface area contributed by atoms with Crippen LogP contribution in [0.2, 0.25) is 0 Å². The summed E-state index contributed by atoms with van der Waals surface area (Å²) in [6.45, 7) is 0. The normalized spacial score (nSPS) is 15.2. The zero-order valence-electron chi connectivity index (χ0n) is 33.1. The Morgan fingerprint density at radius 3 is 1.97 bits per heavy atom. The van der Waals surface area contributed by atoms with Gasteiger partial charge in [-0.1, -0.05) is 151 Å². The van der Waals surface area contributed by atoms with Gasteiger partial charge in [0.1, 0.15) is 5.58 Å². The maximum Gasteiger partial charge on any atom is 0.159 e. The Labute approximate surface area is 358 Å². The Hall–Kier alpha value is -7.52. The Morgan fingerprint density at radius 1 is 0.574 bits per heavy atom. The van der Waals surface area contributed by atoms with Gasteiger partial charge in [-0.3, -0.25) is 0 Å². The van der Waals surface area contributed by atoms with Crippen LogP contribution in [-0.4, -0.2) is 6.04 Å². The van der Waals surface area contributed by atoms with Crippen molar-refractivity contribution in [3.05, 3.63) is 234 Å². The van der Waals surface area contributed by atoms with Crippen molar-refractivity contribution in [2.45, 2.75) is 27.7 Å². The molecule has 3 aliphatic rings. The molecule has 2 aliphatic carbocycles. The van der Waals surface area contributed by atoms with Crippen molar-refractivity contribution in [1.29, 1.82) is 5.26 Å². The van der Waals surface area contributed by atoms with Crippen LogP contribution in [0.1, 0.15) is 34.2 Å². The van der Waals surface area contributed by atoms with E-state index in [0.29, 0.717) is 11.1 Å². The molecule has 1 spiro atoms. The van der Waals surface area contributed by atoms with Gasteiger partial charge >= 0.3 is 0 Å². The van der Waals surface area contributed by atoms with E-state index >= 15 is 0 Å². The van der Waals surface area contributed by atoms with E-state index in [9.17, 15) is 5.26 Å². The van der Waals surface area contributed by atoms with E-state index in [1.54, 1.807) is 0 Å². The molecular formula is C56H37N3OS. The summed E-state index contributed by atoms with van der Waals surface area (Å²) in [7, 11) is 0. The number of hydrogen-bond acceptors (Lipinski definition) is 5. The third-order valence-electron chi connectivity index (χ3n) is 12.6. The smallest absolute Gasteiger partial charge is 0.159 e. The lowest BCUT2D eigenvalue weighted by Gasteiger charge is -2.40. The van der Waals surface area contributed by atoms with Crippen molar-refractivity contribution in [3.8, 4) is 17.2 Å². The van der Waals surface area contributed by atoms with Crippen molar-refractivity contribution in [3.63, 3.8) is 0 Å². The zero-order chi connectivity index (χ0) is 40.5. The number of furan rings is 1. The van der Waals surface area contributed by atoms with Crippen LogP contribution in [0.15, 0.2) is 221 Å². The lowest BCUT2D eigenvalue weighted by Crippen LogP contribution is -2.32. The molecule has 12 rings (SSSR count). The van der Waals surface area contributed by atoms with E-state index in [0.717, 1.165) is 51.2 Å². The summed E-state index contributed by atoms with van der Waals surface area (Å²) < 4.78 is 7.00. The first kappa shape index (κ1) is 35.4. The molecule has 0 saturated heterocycles. The lowest BCUT2D eigenvalue weighted by molar-refractivity contribution is 0.664. The highest BCUT2D eigenvalue weighted by Gasteiger charge is 2.50. The minimum atomic E-state index is -0.534. The molecule has 0 amide bonds. The molecule has 1 atom stereocenters. The molecule has 1 unspecified atom stereocenters. The highest BCUT2D eigenvalue weighted by atomic mass is 32.2. The number of nitriles is 1. The Balaban J connectivity index is 1.13. The van der Waals surface area contributed by atoms with Gasteiger partial charge in [-0.2, -0.15) is 5.26 Å². The maximum atomic E-state index is 10.6. The molecule has 1 aromatic heterocycles. The number of fused-ring (bicyclic) bond motifs is 12.